The molecule has 1 spiro atoms. The van der Waals surface area contributed by atoms with Crippen LogP contribution in [0.15, 0.2) is 206 Å². The fraction of sp³-hybridized carbons (Fsp3) is 0.111. The van der Waals surface area contributed by atoms with Crippen LogP contribution in [-0.4, -0.2) is 14.5 Å². The van der Waals surface area contributed by atoms with Crippen molar-refractivity contribution in [1.29, 1.82) is 0 Å². The molecule has 8 aromatic carbocycles. The van der Waals surface area contributed by atoms with Crippen LogP contribution >= 0.6 is 0 Å². The third-order valence-electron chi connectivity index (χ3n) is 15.3. The van der Waals surface area contributed by atoms with Gasteiger partial charge in [-0.2, -0.15) is 0 Å². The van der Waals surface area contributed by atoms with Gasteiger partial charge >= 0.3 is 0 Å². The molecule has 2 aromatic heterocycles. The molecule has 3 heterocycles. The average molecular weight is 860 g/mol. The molecular weight excluding hydrogens is 815 g/mol. The zero-order valence-electron chi connectivity index (χ0n) is 37.6. The zero-order valence-corrected chi connectivity index (χ0v) is 37.6. The first kappa shape index (κ1) is 38.2. The Hall–Kier alpha value is -8.08. The summed E-state index contributed by atoms with van der Waals surface area (Å²) in [5.74, 6) is 2.95. The maximum atomic E-state index is 6.60. The van der Waals surface area contributed by atoms with Gasteiger partial charge in [-0.3, -0.25) is 0 Å². The minimum absolute atomic E-state index is 0.0463. The summed E-state index contributed by atoms with van der Waals surface area (Å²) in [7, 11) is 0. The van der Waals surface area contributed by atoms with Crippen molar-refractivity contribution >= 4 is 27.4 Å². The van der Waals surface area contributed by atoms with Gasteiger partial charge in [0.1, 0.15) is 11.5 Å². The summed E-state index contributed by atoms with van der Waals surface area (Å²) in [5, 5.41) is 2.56. The maximum absolute atomic E-state index is 6.60. The highest BCUT2D eigenvalue weighted by Crippen LogP contribution is 2.62. The number of nitrogens with zero attached hydrogens (tertiary/aromatic N) is 3. The van der Waals surface area contributed by atoms with E-state index in [0.29, 0.717) is 11.7 Å². The van der Waals surface area contributed by atoms with E-state index in [2.05, 4.69) is 226 Å². The van der Waals surface area contributed by atoms with Crippen molar-refractivity contribution in [2.45, 2.75) is 38.0 Å². The Morgan fingerprint density at radius 2 is 1.16 bits per heavy atom. The largest absolute Gasteiger partial charge is 0.457 e. The van der Waals surface area contributed by atoms with Crippen LogP contribution in [0.25, 0.3) is 78.1 Å². The summed E-state index contributed by atoms with van der Waals surface area (Å²) in [6, 6.07) is 68.0. The number of benzene rings is 8. The highest BCUT2D eigenvalue weighted by atomic mass is 16.5. The lowest BCUT2D eigenvalue weighted by Crippen LogP contribution is -2.32. The Labute approximate surface area is 390 Å². The number of hydrogen-bond acceptors (Lipinski definition) is 3. The minimum atomic E-state index is -0.542. The third kappa shape index (κ3) is 5.24. The van der Waals surface area contributed by atoms with Gasteiger partial charge < -0.3 is 9.30 Å². The molecule has 1 aliphatic heterocycles. The van der Waals surface area contributed by atoms with Crippen molar-refractivity contribution < 1.29 is 4.74 Å². The smallest absolute Gasteiger partial charge is 0.160 e. The molecule has 0 N–H and O–H groups in total. The van der Waals surface area contributed by atoms with E-state index < -0.39 is 5.41 Å². The van der Waals surface area contributed by atoms with Gasteiger partial charge in [0.2, 0.25) is 0 Å². The van der Waals surface area contributed by atoms with E-state index in [0.717, 1.165) is 68.3 Å². The average Bonchev–Trinajstić information content (AvgIpc) is 3.95. The Balaban J connectivity index is 0.989. The Morgan fingerprint density at radius 3 is 1.93 bits per heavy atom. The molecule has 4 heteroatoms. The second-order valence-electron chi connectivity index (χ2n) is 19.3. The van der Waals surface area contributed by atoms with Gasteiger partial charge in [0.05, 0.1) is 27.8 Å². The number of allylic oxidation sites excluding steroid dienone is 4. The molecule has 67 heavy (non-hydrogen) atoms. The molecule has 0 fully saturated rings. The van der Waals surface area contributed by atoms with Crippen molar-refractivity contribution in [3.63, 3.8) is 0 Å². The second kappa shape index (κ2) is 14.0. The fourth-order valence-electron chi connectivity index (χ4n) is 12.6. The fourth-order valence-corrected chi connectivity index (χ4v) is 12.6. The first-order valence-electron chi connectivity index (χ1n) is 23.5. The van der Waals surface area contributed by atoms with Gasteiger partial charge in [-0.1, -0.05) is 172 Å². The molecular formula is C63H45N3O. The van der Waals surface area contributed by atoms with Crippen LogP contribution in [0.2, 0.25) is 0 Å². The van der Waals surface area contributed by atoms with Gasteiger partial charge in [-0.25, -0.2) is 9.97 Å². The molecule has 1 unspecified atom stereocenters. The zero-order chi connectivity index (χ0) is 44.6. The van der Waals surface area contributed by atoms with Gasteiger partial charge in [-0.05, 0) is 105 Å². The van der Waals surface area contributed by atoms with Crippen molar-refractivity contribution in [2.24, 2.45) is 5.92 Å². The van der Waals surface area contributed by atoms with E-state index in [-0.39, 0.29) is 5.41 Å². The Bertz CT molecular complexity index is 3750. The first-order chi connectivity index (χ1) is 32.9. The van der Waals surface area contributed by atoms with E-state index in [1.165, 1.54) is 55.2 Å². The monoisotopic (exact) mass is 859 g/mol. The van der Waals surface area contributed by atoms with Gasteiger partial charge in [-0.15, -0.1) is 0 Å². The van der Waals surface area contributed by atoms with Crippen LogP contribution in [0.3, 0.4) is 0 Å². The number of fused-ring (bicyclic) bond motifs is 15. The lowest BCUT2D eigenvalue weighted by Gasteiger charge is -2.39. The number of para-hydroxylation sites is 3. The summed E-state index contributed by atoms with van der Waals surface area (Å²) in [6.45, 7) is 7.23. The summed E-state index contributed by atoms with van der Waals surface area (Å²) < 4.78 is 9.06. The van der Waals surface area contributed by atoms with Gasteiger partial charge in [0.15, 0.2) is 5.82 Å². The molecule has 10 aromatic rings. The molecule has 0 radical (unpaired) electrons. The predicted octanol–water partition coefficient (Wildman–Crippen LogP) is 15.7. The maximum Gasteiger partial charge on any atom is 0.160 e. The first-order valence-corrected chi connectivity index (χ1v) is 23.5. The van der Waals surface area contributed by atoms with Crippen molar-refractivity contribution in [3.8, 4) is 62.2 Å². The van der Waals surface area contributed by atoms with E-state index in [1.807, 2.05) is 0 Å². The van der Waals surface area contributed by atoms with Crippen LogP contribution in [0.1, 0.15) is 60.6 Å². The van der Waals surface area contributed by atoms with Crippen LogP contribution in [-0.2, 0) is 10.8 Å². The molecule has 0 saturated carbocycles. The molecule has 3 aliphatic carbocycles. The van der Waals surface area contributed by atoms with Gasteiger partial charge in [0, 0.05) is 49.7 Å². The minimum Gasteiger partial charge on any atom is -0.457 e. The van der Waals surface area contributed by atoms with E-state index in [4.69, 9.17) is 14.7 Å². The van der Waals surface area contributed by atoms with Crippen LogP contribution in [0, 0.1) is 5.92 Å². The van der Waals surface area contributed by atoms with Crippen LogP contribution < -0.4 is 4.74 Å². The summed E-state index contributed by atoms with van der Waals surface area (Å²) >= 11 is 0. The number of hydrogen-bond donors (Lipinski definition) is 0. The molecule has 0 bridgehead atoms. The molecule has 0 amide bonds. The quantitative estimate of drug-likeness (QED) is 0.177. The van der Waals surface area contributed by atoms with Crippen LogP contribution in [0.4, 0.5) is 0 Å². The topological polar surface area (TPSA) is 39.9 Å². The molecule has 318 valence electrons. The van der Waals surface area contributed by atoms with Crippen molar-refractivity contribution in [1.82, 2.24) is 14.5 Å². The van der Waals surface area contributed by atoms with E-state index in [9.17, 15) is 0 Å². The van der Waals surface area contributed by atoms with E-state index in [1.54, 1.807) is 5.57 Å². The SMILES string of the molecule is CC1CC=CC2=C1C(C)(C)c1ccc3c(c12)c1ccc(-c2cc(-c4ccccc4)nc(-c4ccc5c(c4)-c4ccccc4C54c5ccccc5Oc5ccccc54)n2)cc1n3-c1ccccc1. The number of rotatable bonds is 4. The lowest BCUT2D eigenvalue weighted by molar-refractivity contribution is 0.436. The highest BCUT2D eigenvalue weighted by molar-refractivity contribution is 6.17. The lowest BCUT2D eigenvalue weighted by atomic mass is 9.66. The molecule has 4 aliphatic rings. The normalized spacial score (nSPS) is 16.6. The summed E-state index contributed by atoms with van der Waals surface area (Å²) in [5.41, 5.74) is 20.7. The summed E-state index contributed by atoms with van der Waals surface area (Å²) in [6.07, 6.45) is 5.85. The molecule has 1 atom stereocenters. The van der Waals surface area contributed by atoms with Crippen molar-refractivity contribution in [3.05, 3.63) is 239 Å². The van der Waals surface area contributed by atoms with E-state index >= 15 is 0 Å². The third-order valence-corrected chi connectivity index (χ3v) is 15.3. The molecule has 0 saturated heterocycles. The van der Waals surface area contributed by atoms with Gasteiger partial charge in [0.25, 0.3) is 0 Å². The highest BCUT2D eigenvalue weighted by Gasteiger charge is 2.51. The molecule has 14 rings (SSSR count). The van der Waals surface area contributed by atoms with Crippen molar-refractivity contribution in [2.75, 3.05) is 0 Å². The molecule has 4 nitrogen and oxygen atoms in total. The summed E-state index contributed by atoms with van der Waals surface area (Å²) in [4.78, 5) is 10.9. The standard InChI is InChI=1S/C63H45N3O/c1-38-17-16-23-45-58-51(62(2,3)60(38)45)33-34-54-59(58)44-31-29-40(36-55(44)66(54)42-20-8-5-9-21-42)53-37-52(39-18-6-4-7-19-39)64-61(65-53)41-30-32-48-46(35-41)43-22-10-11-24-47(43)63(48)49-25-12-14-27-56(49)67-57-28-15-13-26-50(57)63/h4-16,18-38H,17H2,1-3H3. The van der Waals surface area contributed by atoms with Crippen LogP contribution in [0.5, 0.6) is 11.5 Å². The number of aromatic nitrogens is 3. The Kier molecular flexibility index (Phi) is 7.97. The second-order valence-corrected chi connectivity index (χ2v) is 19.3. The predicted molar refractivity (Wildman–Crippen MR) is 273 cm³/mol. The number of ether oxygens (including phenoxy) is 1. The Morgan fingerprint density at radius 1 is 0.537 bits per heavy atom.